The number of carbonyl (C=O) groups excluding carboxylic acids is 1. The van der Waals surface area contributed by atoms with Crippen molar-refractivity contribution in [3.05, 3.63) is 35.4 Å². The molecule has 0 aromatic heterocycles. The summed E-state index contributed by atoms with van der Waals surface area (Å²) in [6.45, 7) is 7.18. The molecule has 1 aromatic rings. The number of carbonyl (C=O) groups is 1. The Labute approximate surface area is 126 Å². The quantitative estimate of drug-likeness (QED) is 0.891. The summed E-state index contributed by atoms with van der Waals surface area (Å²) >= 11 is 0. The molecule has 1 N–H and O–H groups in total. The van der Waals surface area contributed by atoms with Gasteiger partial charge in [-0.15, -0.1) is 0 Å². The van der Waals surface area contributed by atoms with Crippen LogP contribution in [0.25, 0.3) is 0 Å². The maximum Gasteiger partial charge on any atom is 0.236 e. The van der Waals surface area contributed by atoms with Crippen LogP contribution >= 0.6 is 0 Å². The van der Waals surface area contributed by atoms with Gasteiger partial charge in [-0.2, -0.15) is 0 Å². The lowest BCUT2D eigenvalue weighted by Gasteiger charge is -2.29. The number of β-amino-alcohol motifs (C(OH)–C–C–N with tert-alkyl or cyclic N) is 1. The lowest BCUT2D eigenvalue weighted by molar-refractivity contribution is -0.132. The highest BCUT2D eigenvalue weighted by Gasteiger charge is 2.40. The Bertz CT molecular complexity index is 541. The van der Waals surface area contributed by atoms with E-state index in [2.05, 4.69) is 29.2 Å². The predicted octanol–water partition coefficient (Wildman–Crippen LogP) is 1.27. The molecule has 0 spiro atoms. The molecule has 0 unspecified atom stereocenters. The third kappa shape index (κ3) is 2.97. The number of nitrogens with zero attached hydrogens (tertiary/aromatic N) is 2. The molecule has 2 aliphatic rings. The number of aliphatic hydroxyl groups is 1. The first-order chi connectivity index (χ1) is 9.95. The van der Waals surface area contributed by atoms with Crippen LogP contribution in [0.1, 0.15) is 25.0 Å². The second-order valence-corrected chi connectivity index (χ2v) is 6.76. The largest absolute Gasteiger partial charge is 0.388 e. The number of hydrogen-bond donors (Lipinski definition) is 1. The number of rotatable bonds is 2. The van der Waals surface area contributed by atoms with Gasteiger partial charge in [0.2, 0.25) is 5.91 Å². The maximum absolute atomic E-state index is 12.4. The van der Waals surface area contributed by atoms with Gasteiger partial charge in [-0.3, -0.25) is 9.69 Å². The smallest absolute Gasteiger partial charge is 0.236 e. The average molecular weight is 288 g/mol. The Hall–Kier alpha value is -1.39. The Morgan fingerprint density at radius 2 is 2.10 bits per heavy atom. The number of amides is 1. The monoisotopic (exact) mass is 288 g/mol. The molecule has 4 nitrogen and oxygen atoms in total. The van der Waals surface area contributed by atoms with E-state index in [-0.39, 0.29) is 11.8 Å². The lowest BCUT2D eigenvalue weighted by atomic mass is 9.95. The van der Waals surface area contributed by atoms with Gasteiger partial charge in [0.1, 0.15) is 0 Å². The molecule has 2 heterocycles. The van der Waals surface area contributed by atoms with E-state index in [1.165, 1.54) is 11.1 Å². The highest BCUT2D eigenvalue weighted by atomic mass is 16.3. The highest BCUT2D eigenvalue weighted by Crippen LogP contribution is 2.27. The molecular weight excluding hydrogens is 264 g/mol. The van der Waals surface area contributed by atoms with Crippen LogP contribution in [0.15, 0.2) is 24.3 Å². The highest BCUT2D eigenvalue weighted by molar-refractivity contribution is 5.78. The van der Waals surface area contributed by atoms with Gasteiger partial charge < -0.3 is 10.0 Å². The van der Waals surface area contributed by atoms with Crippen molar-refractivity contribution in [2.24, 2.45) is 5.92 Å². The molecule has 0 radical (unpaired) electrons. The van der Waals surface area contributed by atoms with E-state index in [1.54, 1.807) is 0 Å². The summed E-state index contributed by atoms with van der Waals surface area (Å²) in [6.07, 6.45) is 1.01. The van der Waals surface area contributed by atoms with E-state index >= 15 is 0 Å². The minimum absolute atomic E-state index is 0.138. The third-order valence-corrected chi connectivity index (χ3v) is 4.99. The molecule has 21 heavy (non-hydrogen) atoms. The van der Waals surface area contributed by atoms with Gasteiger partial charge in [-0.25, -0.2) is 0 Å². The second-order valence-electron chi connectivity index (χ2n) is 6.76. The topological polar surface area (TPSA) is 43.8 Å². The minimum Gasteiger partial charge on any atom is -0.388 e. The van der Waals surface area contributed by atoms with Crippen LogP contribution in [0.2, 0.25) is 0 Å². The summed E-state index contributed by atoms with van der Waals surface area (Å²) in [5, 5.41) is 10.2. The second kappa shape index (κ2) is 5.43. The zero-order valence-electron chi connectivity index (χ0n) is 12.9. The van der Waals surface area contributed by atoms with Crippen molar-refractivity contribution < 1.29 is 9.90 Å². The first-order valence-electron chi connectivity index (χ1n) is 7.75. The molecule has 0 aliphatic carbocycles. The summed E-state index contributed by atoms with van der Waals surface area (Å²) < 4.78 is 0. The molecular formula is C17H24N2O2. The van der Waals surface area contributed by atoms with Gasteiger partial charge in [0.05, 0.1) is 12.1 Å². The molecule has 1 saturated heterocycles. The van der Waals surface area contributed by atoms with Crippen molar-refractivity contribution in [1.82, 2.24) is 9.80 Å². The van der Waals surface area contributed by atoms with Crippen LogP contribution < -0.4 is 0 Å². The fourth-order valence-electron chi connectivity index (χ4n) is 3.30. The zero-order chi connectivity index (χ0) is 15.0. The number of fused-ring (bicyclic) bond motifs is 1. The molecule has 4 heteroatoms. The van der Waals surface area contributed by atoms with Gasteiger partial charge in [0.25, 0.3) is 0 Å². The molecule has 3 rings (SSSR count). The predicted molar refractivity (Wildman–Crippen MR) is 81.8 cm³/mol. The van der Waals surface area contributed by atoms with Crippen molar-refractivity contribution >= 4 is 5.91 Å². The van der Waals surface area contributed by atoms with Crippen molar-refractivity contribution in [2.45, 2.75) is 32.4 Å². The third-order valence-electron chi connectivity index (χ3n) is 4.99. The SMILES string of the molecule is C[C@@H]1CN(C(=O)CN2CCc3ccccc3C2)C[C@]1(C)O. The fourth-order valence-corrected chi connectivity index (χ4v) is 3.30. The summed E-state index contributed by atoms with van der Waals surface area (Å²) in [5.41, 5.74) is 1.99. The Morgan fingerprint density at radius 3 is 2.76 bits per heavy atom. The Kier molecular flexibility index (Phi) is 3.76. The van der Waals surface area contributed by atoms with Crippen LogP contribution in [0.5, 0.6) is 0 Å². The van der Waals surface area contributed by atoms with E-state index in [0.717, 1.165) is 19.5 Å². The molecule has 0 bridgehead atoms. The van der Waals surface area contributed by atoms with E-state index in [9.17, 15) is 9.90 Å². The van der Waals surface area contributed by atoms with Crippen LogP contribution in [0, 0.1) is 5.92 Å². The lowest BCUT2D eigenvalue weighted by Crippen LogP contribution is -2.42. The maximum atomic E-state index is 12.4. The van der Waals surface area contributed by atoms with E-state index in [4.69, 9.17) is 0 Å². The Morgan fingerprint density at radius 1 is 1.38 bits per heavy atom. The summed E-state index contributed by atoms with van der Waals surface area (Å²) in [4.78, 5) is 16.5. The van der Waals surface area contributed by atoms with Crippen molar-refractivity contribution in [3.63, 3.8) is 0 Å². The van der Waals surface area contributed by atoms with Crippen molar-refractivity contribution in [3.8, 4) is 0 Å². The first kappa shape index (κ1) is 14.5. The summed E-state index contributed by atoms with van der Waals surface area (Å²) in [6, 6.07) is 8.46. The standard InChI is InChI=1S/C17H24N2O2/c1-13-9-19(12-17(13,2)21)16(20)11-18-8-7-14-5-3-4-6-15(14)10-18/h3-6,13,21H,7-12H2,1-2H3/t13-,17+/m1/s1. The first-order valence-corrected chi connectivity index (χ1v) is 7.75. The van der Waals surface area contributed by atoms with Gasteiger partial charge in [0, 0.05) is 32.1 Å². The van der Waals surface area contributed by atoms with Gasteiger partial charge in [-0.1, -0.05) is 31.2 Å². The molecule has 0 saturated carbocycles. The molecule has 1 aromatic carbocycles. The van der Waals surface area contributed by atoms with Crippen LogP contribution in [-0.2, 0) is 17.8 Å². The molecule has 2 aliphatic heterocycles. The zero-order valence-corrected chi connectivity index (χ0v) is 12.9. The Balaban J connectivity index is 1.60. The molecule has 114 valence electrons. The minimum atomic E-state index is -0.746. The number of benzene rings is 1. The number of likely N-dealkylation sites (tertiary alicyclic amines) is 1. The van der Waals surface area contributed by atoms with Gasteiger partial charge in [0.15, 0.2) is 0 Å². The van der Waals surface area contributed by atoms with E-state index in [1.807, 2.05) is 18.7 Å². The van der Waals surface area contributed by atoms with E-state index in [0.29, 0.717) is 19.6 Å². The molecule has 2 atom stereocenters. The van der Waals surface area contributed by atoms with Gasteiger partial charge in [-0.05, 0) is 24.5 Å². The average Bonchev–Trinajstić information content (AvgIpc) is 2.73. The molecule has 1 fully saturated rings. The van der Waals surface area contributed by atoms with Gasteiger partial charge >= 0.3 is 0 Å². The molecule has 1 amide bonds. The fraction of sp³-hybridized carbons (Fsp3) is 0.588. The van der Waals surface area contributed by atoms with Crippen LogP contribution in [0.4, 0.5) is 0 Å². The van der Waals surface area contributed by atoms with Crippen LogP contribution in [0.3, 0.4) is 0 Å². The normalized spacial score (nSPS) is 29.5. The van der Waals surface area contributed by atoms with Crippen molar-refractivity contribution in [1.29, 1.82) is 0 Å². The van der Waals surface area contributed by atoms with Crippen LogP contribution in [-0.4, -0.2) is 52.6 Å². The summed E-state index contributed by atoms with van der Waals surface area (Å²) in [5.74, 6) is 0.280. The van der Waals surface area contributed by atoms with Crippen molar-refractivity contribution in [2.75, 3.05) is 26.2 Å². The summed E-state index contributed by atoms with van der Waals surface area (Å²) in [7, 11) is 0. The number of hydrogen-bond acceptors (Lipinski definition) is 3. The van der Waals surface area contributed by atoms with E-state index < -0.39 is 5.60 Å².